The van der Waals surface area contributed by atoms with Crippen LogP contribution in [0.25, 0.3) is 0 Å². The molecule has 0 radical (unpaired) electrons. The lowest BCUT2D eigenvalue weighted by molar-refractivity contribution is -0.123. The minimum absolute atomic E-state index is 0.00343. The molecule has 3 atom stereocenters. The summed E-state index contributed by atoms with van der Waals surface area (Å²) in [5.41, 5.74) is -0.151. The molecule has 0 aromatic heterocycles. The maximum absolute atomic E-state index is 9.48. The molecule has 0 unspecified atom stereocenters. The molecule has 1 saturated carbocycles. The van der Waals surface area contributed by atoms with Crippen molar-refractivity contribution in [3.05, 3.63) is 0 Å². The Hall–Kier alpha value is -0.120. The zero-order valence-electron chi connectivity index (χ0n) is 9.36. The van der Waals surface area contributed by atoms with Crippen LogP contribution in [-0.2, 0) is 4.74 Å². The second kappa shape index (κ2) is 4.60. The largest absolute Gasteiger partial charge is 0.393 e. The zero-order chi connectivity index (χ0) is 10.8. The van der Waals surface area contributed by atoms with Crippen molar-refractivity contribution in [2.24, 2.45) is 0 Å². The van der Waals surface area contributed by atoms with E-state index in [2.05, 4.69) is 6.92 Å². The summed E-state index contributed by atoms with van der Waals surface area (Å²) in [5, 5.41) is 19.0. The Morgan fingerprint density at radius 2 is 1.64 bits per heavy atom. The third-order valence-electron chi connectivity index (χ3n) is 2.95. The van der Waals surface area contributed by atoms with Crippen LogP contribution < -0.4 is 0 Å². The summed E-state index contributed by atoms with van der Waals surface area (Å²) in [6.45, 7) is 6.16. The summed E-state index contributed by atoms with van der Waals surface area (Å²) in [4.78, 5) is 0. The Labute approximate surface area is 86.1 Å². The second-order valence-electron chi connectivity index (χ2n) is 4.87. The normalized spacial score (nSPS) is 34.5. The van der Waals surface area contributed by atoms with Gasteiger partial charge in [0, 0.05) is 0 Å². The van der Waals surface area contributed by atoms with Crippen molar-refractivity contribution in [1.29, 1.82) is 0 Å². The molecule has 0 aromatic carbocycles. The van der Waals surface area contributed by atoms with E-state index >= 15 is 0 Å². The van der Waals surface area contributed by atoms with Crippen LogP contribution in [0.2, 0.25) is 0 Å². The molecule has 3 nitrogen and oxygen atoms in total. The van der Waals surface area contributed by atoms with Crippen LogP contribution in [0, 0.1) is 0 Å². The predicted octanol–water partition coefficient (Wildman–Crippen LogP) is 1.47. The molecule has 1 aliphatic rings. The van der Waals surface area contributed by atoms with E-state index in [0.29, 0.717) is 19.3 Å². The van der Waals surface area contributed by atoms with Crippen molar-refractivity contribution in [2.75, 3.05) is 0 Å². The smallest absolute Gasteiger partial charge is 0.0631 e. The summed E-state index contributed by atoms with van der Waals surface area (Å²) in [6, 6.07) is 0. The van der Waals surface area contributed by atoms with Crippen LogP contribution in [0.5, 0.6) is 0 Å². The molecule has 1 fully saturated rings. The highest BCUT2D eigenvalue weighted by molar-refractivity contribution is 4.81. The fraction of sp³-hybridized carbons (Fsp3) is 1.00. The fourth-order valence-electron chi connectivity index (χ4n) is 1.84. The molecule has 0 heterocycles. The predicted molar refractivity (Wildman–Crippen MR) is 55.1 cm³/mol. The Morgan fingerprint density at radius 3 is 2.07 bits per heavy atom. The SMILES string of the molecule is CCC(C)(C)O[C@@H]1C[C@H](O)C[C@H](O)C1. The lowest BCUT2D eigenvalue weighted by atomic mass is 9.91. The van der Waals surface area contributed by atoms with E-state index in [1.807, 2.05) is 13.8 Å². The number of aliphatic hydroxyl groups excluding tert-OH is 2. The van der Waals surface area contributed by atoms with Crippen molar-refractivity contribution in [3.63, 3.8) is 0 Å². The lowest BCUT2D eigenvalue weighted by Crippen LogP contribution is -2.39. The van der Waals surface area contributed by atoms with Gasteiger partial charge in [-0.25, -0.2) is 0 Å². The van der Waals surface area contributed by atoms with Crippen LogP contribution in [0.1, 0.15) is 46.5 Å². The molecule has 2 N–H and O–H groups in total. The van der Waals surface area contributed by atoms with Crippen LogP contribution >= 0.6 is 0 Å². The van der Waals surface area contributed by atoms with Gasteiger partial charge in [-0.05, 0) is 39.5 Å². The average Bonchev–Trinajstić information content (AvgIpc) is 2.01. The van der Waals surface area contributed by atoms with Crippen molar-refractivity contribution in [1.82, 2.24) is 0 Å². The second-order valence-corrected chi connectivity index (χ2v) is 4.87. The molecule has 14 heavy (non-hydrogen) atoms. The Balaban J connectivity index is 2.44. The first-order valence-electron chi connectivity index (χ1n) is 5.47. The summed E-state index contributed by atoms with van der Waals surface area (Å²) >= 11 is 0. The molecule has 0 aliphatic heterocycles. The van der Waals surface area contributed by atoms with E-state index in [-0.39, 0.29) is 11.7 Å². The summed E-state index contributed by atoms with van der Waals surface area (Å²) < 4.78 is 5.85. The minimum atomic E-state index is -0.406. The highest BCUT2D eigenvalue weighted by atomic mass is 16.5. The van der Waals surface area contributed by atoms with Crippen molar-refractivity contribution < 1.29 is 14.9 Å². The molecule has 0 amide bonds. The number of hydrogen-bond acceptors (Lipinski definition) is 3. The van der Waals surface area contributed by atoms with Gasteiger partial charge in [0.1, 0.15) is 0 Å². The first kappa shape index (κ1) is 12.0. The zero-order valence-corrected chi connectivity index (χ0v) is 9.36. The van der Waals surface area contributed by atoms with Crippen molar-refractivity contribution >= 4 is 0 Å². The monoisotopic (exact) mass is 202 g/mol. The molecule has 1 rings (SSSR count). The van der Waals surface area contributed by atoms with Crippen LogP contribution in [0.4, 0.5) is 0 Å². The summed E-state index contributed by atoms with van der Waals surface area (Å²) in [7, 11) is 0. The van der Waals surface area contributed by atoms with Gasteiger partial charge in [-0.2, -0.15) is 0 Å². The third kappa shape index (κ3) is 3.56. The lowest BCUT2D eigenvalue weighted by Gasteiger charge is -2.35. The Bertz CT molecular complexity index is 169. The van der Waals surface area contributed by atoms with Crippen LogP contribution in [0.3, 0.4) is 0 Å². The van der Waals surface area contributed by atoms with E-state index in [4.69, 9.17) is 4.74 Å². The maximum Gasteiger partial charge on any atom is 0.0631 e. The average molecular weight is 202 g/mol. The van der Waals surface area contributed by atoms with Gasteiger partial charge in [-0.15, -0.1) is 0 Å². The van der Waals surface area contributed by atoms with Crippen molar-refractivity contribution in [3.8, 4) is 0 Å². The standard InChI is InChI=1S/C11H22O3/c1-4-11(2,3)14-10-6-8(12)5-9(13)7-10/h8-10,12-13H,4-7H2,1-3H3/t8-,9+,10-. The highest BCUT2D eigenvalue weighted by Crippen LogP contribution is 2.26. The molecule has 0 saturated heterocycles. The fourth-order valence-corrected chi connectivity index (χ4v) is 1.84. The molecular weight excluding hydrogens is 180 g/mol. The molecule has 1 aliphatic carbocycles. The molecule has 84 valence electrons. The number of ether oxygens (including phenoxy) is 1. The maximum atomic E-state index is 9.48. The van der Waals surface area contributed by atoms with E-state index in [0.717, 1.165) is 6.42 Å². The molecule has 0 bridgehead atoms. The number of rotatable bonds is 3. The molecule has 0 aromatic rings. The van der Waals surface area contributed by atoms with Crippen LogP contribution in [0.15, 0.2) is 0 Å². The number of aliphatic hydroxyl groups is 2. The van der Waals surface area contributed by atoms with E-state index in [1.165, 1.54) is 0 Å². The van der Waals surface area contributed by atoms with Gasteiger partial charge in [-0.3, -0.25) is 0 Å². The minimum Gasteiger partial charge on any atom is -0.393 e. The van der Waals surface area contributed by atoms with Gasteiger partial charge in [0.15, 0.2) is 0 Å². The number of hydrogen-bond donors (Lipinski definition) is 2. The molecule has 3 heteroatoms. The van der Waals surface area contributed by atoms with Gasteiger partial charge >= 0.3 is 0 Å². The Morgan fingerprint density at radius 1 is 1.14 bits per heavy atom. The van der Waals surface area contributed by atoms with Gasteiger partial charge in [0.05, 0.1) is 23.9 Å². The van der Waals surface area contributed by atoms with Crippen molar-refractivity contribution in [2.45, 2.75) is 70.4 Å². The van der Waals surface area contributed by atoms with Crippen LogP contribution in [-0.4, -0.2) is 34.1 Å². The van der Waals surface area contributed by atoms with Gasteiger partial charge < -0.3 is 14.9 Å². The quantitative estimate of drug-likeness (QED) is 0.728. The highest BCUT2D eigenvalue weighted by Gasteiger charge is 2.30. The first-order valence-corrected chi connectivity index (χ1v) is 5.47. The topological polar surface area (TPSA) is 49.7 Å². The van der Waals surface area contributed by atoms with E-state index in [1.54, 1.807) is 0 Å². The molecule has 0 spiro atoms. The molecular formula is C11H22O3. The third-order valence-corrected chi connectivity index (χ3v) is 2.95. The Kier molecular flexibility index (Phi) is 3.93. The van der Waals surface area contributed by atoms with Gasteiger partial charge in [0.2, 0.25) is 0 Å². The van der Waals surface area contributed by atoms with Gasteiger partial charge in [0.25, 0.3) is 0 Å². The summed E-state index contributed by atoms with van der Waals surface area (Å²) in [6.07, 6.45) is 1.93. The first-order chi connectivity index (χ1) is 6.43. The van der Waals surface area contributed by atoms with E-state index < -0.39 is 12.2 Å². The van der Waals surface area contributed by atoms with Gasteiger partial charge in [-0.1, -0.05) is 6.92 Å². The summed E-state index contributed by atoms with van der Waals surface area (Å²) in [5.74, 6) is 0. The van der Waals surface area contributed by atoms with E-state index in [9.17, 15) is 10.2 Å².